The second kappa shape index (κ2) is 3.66. The molecule has 1 aliphatic heterocycles. The van der Waals surface area contributed by atoms with Gasteiger partial charge >= 0.3 is 0 Å². The third-order valence-electron chi connectivity index (χ3n) is 2.89. The summed E-state index contributed by atoms with van der Waals surface area (Å²) in [5, 5.41) is 13.0. The number of unbranched alkanes of at least 4 members (excludes halogenated alkanes) is 1. The van der Waals surface area contributed by atoms with Crippen molar-refractivity contribution in [3.63, 3.8) is 0 Å². The zero-order chi connectivity index (χ0) is 10.9. The van der Waals surface area contributed by atoms with Crippen LogP contribution < -0.4 is 5.32 Å². The second-order valence-electron chi connectivity index (χ2n) is 3.96. The summed E-state index contributed by atoms with van der Waals surface area (Å²) >= 11 is 0. The number of anilines is 1. The Morgan fingerprint density at radius 1 is 1.40 bits per heavy atom. The van der Waals surface area contributed by atoms with Crippen molar-refractivity contribution in [1.29, 1.82) is 0 Å². The van der Waals surface area contributed by atoms with Crippen molar-refractivity contribution in [2.45, 2.75) is 31.8 Å². The number of benzene rings is 1. The van der Waals surface area contributed by atoms with E-state index in [4.69, 9.17) is 0 Å². The molecule has 0 saturated carbocycles. The first-order chi connectivity index (χ1) is 7.18. The number of carbonyl (C=O) groups excluding carboxylic acids is 1. The van der Waals surface area contributed by atoms with Crippen LogP contribution in [0.15, 0.2) is 24.3 Å². The molecule has 80 valence electrons. The Balaban J connectivity index is 2.36. The number of rotatable bonds is 3. The Morgan fingerprint density at radius 3 is 2.87 bits per heavy atom. The summed E-state index contributed by atoms with van der Waals surface area (Å²) in [6.07, 6.45) is 2.31. The molecule has 0 aliphatic carbocycles. The fourth-order valence-corrected chi connectivity index (χ4v) is 1.98. The Bertz CT molecular complexity index is 389. The molecule has 1 amide bonds. The lowest BCUT2D eigenvalue weighted by Gasteiger charge is -2.20. The van der Waals surface area contributed by atoms with Crippen molar-refractivity contribution < 1.29 is 9.90 Å². The first-order valence-electron chi connectivity index (χ1n) is 5.32. The molecule has 1 heterocycles. The van der Waals surface area contributed by atoms with E-state index in [1.165, 1.54) is 0 Å². The molecule has 1 aromatic rings. The molecule has 2 N–H and O–H groups in total. The van der Waals surface area contributed by atoms with Gasteiger partial charge in [-0.25, -0.2) is 0 Å². The molecule has 0 fully saturated rings. The molecule has 0 bridgehead atoms. The largest absolute Gasteiger partial charge is 0.375 e. The highest BCUT2D eigenvalue weighted by Crippen LogP contribution is 2.38. The topological polar surface area (TPSA) is 49.3 Å². The van der Waals surface area contributed by atoms with Gasteiger partial charge in [-0.1, -0.05) is 31.5 Å². The fourth-order valence-electron chi connectivity index (χ4n) is 1.98. The summed E-state index contributed by atoms with van der Waals surface area (Å²) in [4.78, 5) is 11.7. The number of para-hydroxylation sites is 1. The fraction of sp³-hybridized carbons (Fsp3) is 0.417. The maximum Gasteiger partial charge on any atom is 0.261 e. The molecule has 3 nitrogen and oxygen atoms in total. The monoisotopic (exact) mass is 205 g/mol. The first-order valence-corrected chi connectivity index (χ1v) is 5.32. The Hall–Kier alpha value is -1.35. The van der Waals surface area contributed by atoms with Gasteiger partial charge in [0.15, 0.2) is 5.60 Å². The molecule has 1 aromatic carbocycles. The van der Waals surface area contributed by atoms with Gasteiger partial charge in [0.1, 0.15) is 0 Å². The SMILES string of the molecule is CCCCC1(O)C(=O)Nc2ccccc21. The van der Waals surface area contributed by atoms with E-state index >= 15 is 0 Å². The smallest absolute Gasteiger partial charge is 0.261 e. The molecule has 0 radical (unpaired) electrons. The van der Waals surface area contributed by atoms with Gasteiger partial charge < -0.3 is 10.4 Å². The molecule has 2 rings (SSSR count). The van der Waals surface area contributed by atoms with Gasteiger partial charge in [0.25, 0.3) is 5.91 Å². The van der Waals surface area contributed by atoms with Gasteiger partial charge in [-0.2, -0.15) is 0 Å². The normalized spacial score (nSPS) is 23.7. The van der Waals surface area contributed by atoms with Crippen LogP contribution >= 0.6 is 0 Å². The minimum atomic E-state index is -1.31. The van der Waals surface area contributed by atoms with E-state index in [0.717, 1.165) is 18.5 Å². The molecular weight excluding hydrogens is 190 g/mol. The Kier molecular flexibility index (Phi) is 2.49. The van der Waals surface area contributed by atoms with E-state index in [1.807, 2.05) is 31.2 Å². The zero-order valence-electron chi connectivity index (χ0n) is 8.79. The molecule has 0 saturated heterocycles. The van der Waals surface area contributed by atoms with Gasteiger partial charge in [0, 0.05) is 11.3 Å². The predicted octanol–water partition coefficient (Wildman–Crippen LogP) is 2.02. The van der Waals surface area contributed by atoms with Crippen molar-refractivity contribution >= 4 is 11.6 Å². The molecule has 1 aliphatic rings. The lowest BCUT2D eigenvalue weighted by atomic mass is 9.90. The first kappa shape index (κ1) is 10.2. The van der Waals surface area contributed by atoms with E-state index in [1.54, 1.807) is 0 Å². The van der Waals surface area contributed by atoms with Crippen molar-refractivity contribution in [2.75, 3.05) is 5.32 Å². The maximum absolute atomic E-state index is 11.7. The zero-order valence-corrected chi connectivity index (χ0v) is 8.79. The number of amides is 1. The number of fused-ring (bicyclic) bond motifs is 1. The molecule has 1 unspecified atom stereocenters. The highest BCUT2D eigenvalue weighted by molar-refractivity contribution is 6.04. The van der Waals surface area contributed by atoms with Gasteiger partial charge in [-0.15, -0.1) is 0 Å². The Morgan fingerprint density at radius 2 is 2.13 bits per heavy atom. The van der Waals surface area contributed by atoms with Crippen molar-refractivity contribution in [1.82, 2.24) is 0 Å². The third kappa shape index (κ3) is 1.53. The van der Waals surface area contributed by atoms with Gasteiger partial charge in [0.05, 0.1) is 0 Å². The van der Waals surface area contributed by atoms with Gasteiger partial charge in [-0.3, -0.25) is 4.79 Å². The van der Waals surface area contributed by atoms with Crippen LogP contribution in [0, 0.1) is 0 Å². The predicted molar refractivity (Wildman–Crippen MR) is 58.5 cm³/mol. The lowest BCUT2D eigenvalue weighted by molar-refractivity contribution is -0.134. The van der Waals surface area contributed by atoms with Crippen molar-refractivity contribution in [2.24, 2.45) is 0 Å². The lowest BCUT2D eigenvalue weighted by Crippen LogP contribution is -2.33. The van der Waals surface area contributed by atoms with Crippen LogP contribution in [0.3, 0.4) is 0 Å². The quantitative estimate of drug-likeness (QED) is 0.793. The second-order valence-corrected chi connectivity index (χ2v) is 3.96. The maximum atomic E-state index is 11.7. The number of nitrogens with one attached hydrogen (secondary N) is 1. The Labute approximate surface area is 89.1 Å². The highest BCUT2D eigenvalue weighted by atomic mass is 16.3. The molecule has 1 atom stereocenters. The minimum absolute atomic E-state index is 0.294. The molecule has 0 aromatic heterocycles. The minimum Gasteiger partial charge on any atom is -0.375 e. The van der Waals surface area contributed by atoms with Crippen molar-refractivity contribution in [3.05, 3.63) is 29.8 Å². The summed E-state index contributed by atoms with van der Waals surface area (Å²) in [5.41, 5.74) is 0.136. The average molecular weight is 205 g/mol. The van der Waals surface area contributed by atoms with Crippen molar-refractivity contribution in [3.8, 4) is 0 Å². The average Bonchev–Trinajstić information content (AvgIpc) is 2.50. The van der Waals surface area contributed by atoms with E-state index in [2.05, 4.69) is 5.32 Å². The van der Waals surface area contributed by atoms with Crippen LogP contribution in [0.4, 0.5) is 5.69 Å². The molecular formula is C12H15NO2. The summed E-state index contributed by atoms with van der Waals surface area (Å²) in [6.45, 7) is 2.04. The van der Waals surface area contributed by atoms with Crippen LogP contribution in [0.2, 0.25) is 0 Å². The summed E-state index contributed by atoms with van der Waals surface area (Å²) in [6, 6.07) is 7.32. The van der Waals surface area contributed by atoms with Crippen LogP contribution in [0.1, 0.15) is 31.7 Å². The van der Waals surface area contributed by atoms with Crippen LogP contribution in [0.25, 0.3) is 0 Å². The summed E-state index contributed by atoms with van der Waals surface area (Å²) in [7, 11) is 0. The van der Waals surface area contributed by atoms with Crippen LogP contribution in [-0.2, 0) is 10.4 Å². The molecule has 3 heteroatoms. The van der Waals surface area contributed by atoms with E-state index < -0.39 is 5.60 Å². The summed E-state index contributed by atoms with van der Waals surface area (Å²) in [5.74, 6) is -0.294. The summed E-state index contributed by atoms with van der Waals surface area (Å²) < 4.78 is 0. The number of carbonyl (C=O) groups is 1. The van der Waals surface area contributed by atoms with Gasteiger partial charge in [-0.05, 0) is 18.9 Å². The van der Waals surface area contributed by atoms with E-state index in [0.29, 0.717) is 12.0 Å². The van der Waals surface area contributed by atoms with E-state index in [-0.39, 0.29) is 5.91 Å². The third-order valence-corrected chi connectivity index (χ3v) is 2.89. The van der Waals surface area contributed by atoms with Crippen LogP contribution in [-0.4, -0.2) is 11.0 Å². The molecule has 0 spiro atoms. The van der Waals surface area contributed by atoms with E-state index in [9.17, 15) is 9.90 Å². The van der Waals surface area contributed by atoms with Crippen LogP contribution in [0.5, 0.6) is 0 Å². The highest BCUT2D eigenvalue weighted by Gasteiger charge is 2.44. The number of hydrogen-bond acceptors (Lipinski definition) is 2. The molecule has 15 heavy (non-hydrogen) atoms. The number of hydrogen-bond donors (Lipinski definition) is 2. The standard InChI is InChI=1S/C12H15NO2/c1-2-3-8-12(15)9-6-4-5-7-10(9)13-11(12)14/h4-7,15H,2-3,8H2,1H3,(H,13,14). The number of aliphatic hydroxyl groups is 1. The van der Waals surface area contributed by atoms with Gasteiger partial charge in [0.2, 0.25) is 0 Å².